The maximum atomic E-state index is 0. The maximum Gasteiger partial charge on any atom is 3.00 e. The van der Waals surface area contributed by atoms with Crippen LogP contribution >= 0.6 is 0 Å². The zero-order valence-corrected chi connectivity index (χ0v) is 5.62. The summed E-state index contributed by atoms with van der Waals surface area (Å²) >= 11 is 0. The Morgan fingerprint density at radius 3 is 0.500 bits per heavy atom. The Morgan fingerprint density at radius 1 is 0.500 bits per heavy atom. The molecule has 0 aromatic heterocycles. The molecule has 0 N–H and O–H groups in total. The molecule has 0 aromatic carbocycles. The number of hydrogen-bond donors (Lipinski definition) is 0. The van der Waals surface area contributed by atoms with Crippen molar-refractivity contribution in [2.75, 3.05) is 0 Å². The first-order chi connectivity index (χ1) is 0. The van der Waals surface area contributed by atoms with E-state index >= 15 is 0 Å². The normalized spacial score (nSPS) is 0. The van der Waals surface area contributed by atoms with Crippen molar-refractivity contribution in [1.29, 1.82) is 0 Å². The van der Waals surface area contributed by atoms with E-state index in [-0.39, 0.29) is 77.8 Å². The van der Waals surface area contributed by atoms with E-state index in [0.717, 1.165) is 0 Å². The molecule has 0 saturated heterocycles. The second kappa shape index (κ2) is 76.8. The third-order valence-corrected chi connectivity index (χ3v) is 0. The summed E-state index contributed by atoms with van der Waals surface area (Å²) in [5, 5.41) is 0. The van der Waals surface area contributed by atoms with Gasteiger partial charge in [-0.25, -0.2) is 0 Å². The van der Waals surface area contributed by atoms with Gasteiger partial charge >= 0.3 is 37.3 Å². The molecule has 46 valence electrons. The van der Waals surface area contributed by atoms with Gasteiger partial charge in [0.2, 0.25) is 0 Å². The molecule has 2 radical (unpaired) electrons. The van der Waals surface area contributed by atoms with Crippen LogP contribution in [-0.2, 0) is 40.5 Å². The molecule has 0 amide bonds. The van der Waals surface area contributed by atoms with Crippen LogP contribution < -0.4 is 0 Å². The summed E-state index contributed by atoms with van der Waals surface area (Å²) in [5.41, 5.74) is 0. The van der Waals surface area contributed by atoms with E-state index in [4.69, 9.17) is 0 Å². The van der Waals surface area contributed by atoms with E-state index in [0.29, 0.717) is 0 Å². The van der Waals surface area contributed by atoms with Crippen LogP contribution in [0.25, 0.3) is 0 Å². The van der Waals surface area contributed by atoms with Crippen molar-refractivity contribution >= 4 is 0 Å². The molecule has 4 nitrogen and oxygen atoms in total. The quantitative estimate of drug-likeness (QED) is 0.571. The van der Waals surface area contributed by atoms with Gasteiger partial charge in [-0.1, -0.05) is 0 Å². The van der Waals surface area contributed by atoms with Gasteiger partial charge in [0.1, 0.15) is 0 Å². The summed E-state index contributed by atoms with van der Waals surface area (Å²) in [6, 6.07) is 0. The van der Waals surface area contributed by atoms with Crippen LogP contribution in [0, 0.1) is 37.3 Å². The average Bonchev–Trinajstić information content (AvgIpc) is 0. The Labute approximate surface area is 77.0 Å². The van der Waals surface area contributed by atoms with E-state index < -0.39 is 0 Å². The van der Waals surface area contributed by atoms with Crippen molar-refractivity contribution in [1.82, 2.24) is 0 Å². The van der Waals surface area contributed by atoms with Crippen LogP contribution in [0.5, 0.6) is 0 Å². The van der Waals surface area contributed by atoms with Crippen molar-refractivity contribution in [3.63, 3.8) is 0 Å². The monoisotopic (exact) mass is 281 g/mol. The second-order valence-corrected chi connectivity index (χ2v) is 0. The Balaban J connectivity index is 0. The molecule has 0 spiro atoms. The van der Waals surface area contributed by atoms with Crippen LogP contribution in [0.2, 0.25) is 0 Å². The van der Waals surface area contributed by atoms with E-state index in [2.05, 4.69) is 0 Å². The van der Waals surface area contributed by atoms with Gasteiger partial charge in [-0.15, -0.1) is 0 Å². The minimum absolute atomic E-state index is 0. The zero-order valence-electron chi connectivity index (χ0n) is 2.37. The minimum atomic E-state index is 0. The van der Waals surface area contributed by atoms with Gasteiger partial charge in [-0.2, -0.15) is 0 Å². The standard InChI is InChI=1S/Er.4O.V/q+3;4*-2;. The largest absolute Gasteiger partial charge is 3.00 e. The fraction of sp³-hybridized carbons (Fsp3) is 0. The van der Waals surface area contributed by atoms with Gasteiger partial charge in [-0.05, 0) is 0 Å². The third kappa shape index (κ3) is 44.3. The Bertz CT molecular complexity index is 7.51. The van der Waals surface area contributed by atoms with Crippen LogP contribution in [0.1, 0.15) is 0 Å². The van der Waals surface area contributed by atoms with Crippen LogP contribution in [0.3, 0.4) is 0 Å². The molecule has 0 aliphatic rings. The molecule has 0 unspecified atom stereocenters. The van der Waals surface area contributed by atoms with Crippen LogP contribution in [0.15, 0.2) is 0 Å². The number of hydrogen-bond acceptors (Lipinski definition) is 0. The van der Waals surface area contributed by atoms with Crippen LogP contribution in [-0.4, -0.2) is 0 Å². The summed E-state index contributed by atoms with van der Waals surface area (Å²) in [6.45, 7) is 0. The fourth-order valence-electron chi connectivity index (χ4n) is 0. The SMILES string of the molecule is [Er+3].[O-2].[O-2].[O-2].[O-2].[V]. The first kappa shape index (κ1) is 122. The van der Waals surface area contributed by atoms with Gasteiger partial charge in [0.15, 0.2) is 0 Å². The average molecular weight is 282 g/mol. The summed E-state index contributed by atoms with van der Waals surface area (Å²) in [7, 11) is 0. The summed E-state index contributed by atoms with van der Waals surface area (Å²) in [6.07, 6.45) is 0. The summed E-state index contributed by atoms with van der Waals surface area (Å²) < 4.78 is 0. The van der Waals surface area contributed by atoms with E-state index in [9.17, 15) is 0 Å². The smallest absolute Gasteiger partial charge is 2.00 e. The maximum absolute atomic E-state index is 0. The van der Waals surface area contributed by atoms with Crippen molar-refractivity contribution in [2.24, 2.45) is 0 Å². The first-order valence-electron chi connectivity index (χ1n) is 0. The first-order valence-corrected chi connectivity index (χ1v) is 0. The third-order valence-electron chi connectivity index (χ3n) is 0. The van der Waals surface area contributed by atoms with Crippen molar-refractivity contribution < 1.29 is 77.8 Å². The van der Waals surface area contributed by atoms with E-state index in [1.165, 1.54) is 0 Å². The molecule has 0 aliphatic heterocycles. The van der Waals surface area contributed by atoms with Crippen molar-refractivity contribution in [2.45, 2.75) is 0 Å². The molecule has 0 saturated carbocycles. The molecule has 6 heteroatoms. The molecule has 0 aromatic rings. The van der Waals surface area contributed by atoms with E-state index in [1.807, 2.05) is 0 Å². The second-order valence-electron chi connectivity index (χ2n) is 0. The number of rotatable bonds is 0. The molecule has 0 heterocycles. The molecule has 0 bridgehead atoms. The molecule has 6 heavy (non-hydrogen) atoms. The molecule has 0 aliphatic carbocycles. The molecular formula is ErO4V-5. The minimum Gasteiger partial charge on any atom is -2.00 e. The van der Waals surface area contributed by atoms with E-state index in [1.54, 1.807) is 0 Å². The molecule has 0 atom stereocenters. The van der Waals surface area contributed by atoms with Gasteiger partial charge in [0.05, 0.1) is 0 Å². The molecule has 0 fully saturated rings. The topological polar surface area (TPSA) is 114 Å². The summed E-state index contributed by atoms with van der Waals surface area (Å²) in [5.74, 6) is 0. The Kier molecular flexibility index (Phi) is 1570. The zero-order chi connectivity index (χ0) is 0. The Hall–Kier alpha value is 1.67. The van der Waals surface area contributed by atoms with Gasteiger partial charge in [0, 0.05) is 18.6 Å². The van der Waals surface area contributed by atoms with Gasteiger partial charge in [-0.3, -0.25) is 0 Å². The van der Waals surface area contributed by atoms with Gasteiger partial charge in [0.25, 0.3) is 0 Å². The van der Waals surface area contributed by atoms with Crippen molar-refractivity contribution in [3.05, 3.63) is 0 Å². The van der Waals surface area contributed by atoms with Crippen LogP contribution in [0.4, 0.5) is 0 Å². The predicted octanol–water partition coefficient (Wildman–Crippen LogP) is -0.478. The predicted molar refractivity (Wildman–Crippen MR) is 2.75 cm³/mol. The fourth-order valence-corrected chi connectivity index (χ4v) is 0. The summed E-state index contributed by atoms with van der Waals surface area (Å²) in [4.78, 5) is 0. The Morgan fingerprint density at radius 2 is 0.500 bits per heavy atom. The molecular weight excluding hydrogens is 282 g/mol. The van der Waals surface area contributed by atoms with Gasteiger partial charge < -0.3 is 21.9 Å². The van der Waals surface area contributed by atoms with Crippen molar-refractivity contribution in [3.8, 4) is 0 Å². The molecule has 0 rings (SSSR count).